The van der Waals surface area contributed by atoms with Gasteiger partial charge in [-0.25, -0.2) is 4.79 Å². The molecule has 2 unspecified atom stereocenters. The Labute approximate surface area is 343 Å². The fraction of sp³-hybridized carbons (Fsp3) is 0.535. The van der Waals surface area contributed by atoms with E-state index < -0.39 is 95.5 Å². The molecular formula is C43H55ClN4O10. The number of nitrogens with two attached hydrogens (primary N) is 1. The topological polar surface area (TPSA) is 219 Å². The van der Waals surface area contributed by atoms with Gasteiger partial charge in [0.1, 0.15) is 12.1 Å². The fourth-order valence-corrected chi connectivity index (χ4v) is 8.02. The van der Waals surface area contributed by atoms with Gasteiger partial charge < -0.3 is 31.1 Å². The number of nitrogens with zero attached hydrogens (tertiary/aromatic N) is 1. The highest BCUT2D eigenvalue weighted by Gasteiger charge is 2.46. The van der Waals surface area contributed by atoms with Crippen LogP contribution in [0, 0.1) is 11.8 Å². The molecule has 0 aromatic heterocycles. The van der Waals surface area contributed by atoms with Gasteiger partial charge in [-0.15, -0.1) is 0 Å². The molecule has 314 valence electrons. The minimum atomic E-state index is -1.21. The lowest BCUT2D eigenvalue weighted by Gasteiger charge is -2.35. The zero-order chi connectivity index (χ0) is 42.7. The van der Waals surface area contributed by atoms with Crippen LogP contribution < -0.4 is 16.4 Å². The number of nitrogens with one attached hydrogen (secondary N) is 2. The molecule has 0 radical (unpaired) electrons. The molecule has 5 atom stereocenters. The number of carboxylic acid groups (broad SMARTS) is 1. The van der Waals surface area contributed by atoms with E-state index in [4.69, 9.17) is 22.1 Å². The Hall–Kier alpha value is -4.95. The average Bonchev–Trinajstić information content (AvgIpc) is 3.60. The number of carbonyl (C=O) groups is 8. The van der Waals surface area contributed by atoms with E-state index in [1.807, 2.05) is 27.7 Å². The first-order valence-corrected chi connectivity index (χ1v) is 20.3. The molecule has 1 heterocycles. The number of benzene rings is 2. The van der Waals surface area contributed by atoms with Crippen LogP contribution in [0.1, 0.15) is 131 Å². The standard InChI is InChI=1S/C43H55ClN4O10/c1-5-10-29(38(52)33(49)19-20-35(51)46-36(39(45)53)28-13-9-14-30(44)21-28)22-34(50)32-23-31(58-43(2,3)4)24-48(32)41(55)37(25-11-7-6-8-12-25)47-40(54)26-15-17-27(18-16-26)42(56)57/h9,13-18,21,25,29,31-32,36-37H,5-8,10-12,19-20,22-24H2,1-4H3,(H2,45,53)(H,46,51)(H,47,54)(H,56,57)/t29?,31-,32+,36?,37+/m1/s1. The van der Waals surface area contributed by atoms with Crippen molar-refractivity contribution in [2.75, 3.05) is 6.54 Å². The van der Waals surface area contributed by atoms with Gasteiger partial charge >= 0.3 is 5.97 Å². The number of halogens is 1. The summed E-state index contributed by atoms with van der Waals surface area (Å²) in [5.41, 5.74) is 5.44. The van der Waals surface area contributed by atoms with Crippen molar-refractivity contribution in [1.29, 1.82) is 0 Å². The molecule has 1 aliphatic carbocycles. The first-order valence-electron chi connectivity index (χ1n) is 19.9. The number of amides is 4. The normalized spacial score (nSPS) is 18.7. The third kappa shape index (κ3) is 12.8. The van der Waals surface area contributed by atoms with Gasteiger partial charge in [-0.2, -0.15) is 0 Å². The van der Waals surface area contributed by atoms with Crippen LogP contribution in [0.15, 0.2) is 48.5 Å². The SMILES string of the molecule is CCCC(CC(=O)[C@@H]1C[C@@H](OC(C)(C)C)CN1C(=O)[C@@H](NC(=O)c1ccc(C(=O)O)cc1)C1CCCCC1)C(=O)C(=O)CCC(=O)NC(C(N)=O)c1cccc(Cl)c1. The van der Waals surface area contributed by atoms with Gasteiger partial charge in [-0.1, -0.05) is 56.3 Å². The van der Waals surface area contributed by atoms with Crippen LogP contribution in [0.25, 0.3) is 0 Å². The predicted molar refractivity (Wildman–Crippen MR) is 215 cm³/mol. The Balaban J connectivity index is 1.50. The summed E-state index contributed by atoms with van der Waals surface area (Å²) in [6.07, 6.45) is 3.19. The van der Waals surface area contributed by atoms with Gasteiger partial charge in [-0.3, -0.25) is 33.6 Å². The molecule has 1 saturated carbocycles. The molecule has 4 amide bonds. The highest BCUT2D eigenvalue weighted by molar-refractivity contribution is 6.38. The number of hydrogen-bond acceptors (Lipinski definition) is 9. The molecule has 2 aromatic rings. The second kappa shape index (κ2) is 20.6. The third-order valence-electron chi connectivity index (χ3n) is 10.6. The van der Waals surface area contributed by atoms with Crippen LogP contribution in [0.4, 0.5) is 0 Å². The van der Waals surface area contributed by atoms with Crippen molar-refractivity contribution < 1.29 is 48.2 Å². The first kappa shape index (κ1) is 45.7. The molecule has 1 aliphatic heterocycles. The van der Waals surface area contributed by atoms with E-state index in [1.54, 1.807) is 18.2 Å². The Morgan fingerprint density at radius 1 is 0.931 bits per heavy atom. The molecule has 15 heteroatoms. The van der Waals surface area contributed by atoms with E-state index in [0.717, 1.165) is 19.3 Å². The molecule has 5 N–H and O–H groups in total. The number of ketones is 3. The summed E-state index contributed by atoms with van der Waals surface area (Å²) < 4.78 is 6.26. The Morgan fingerprint density at radius 3 is 2.17 bits per heavy atom. The smallest absolute Gasteiger partial charge is 0.335 e. The second-order valence-electron chi connectivity index (χ2n) is 16.2. The zero-order valence-corrected chi connectivity index (χ0v) is 34.3. The molecule has 4 rings (SSSR count). The van der Waals surface area contributed by atoms with Gasteiger partial charge in [0, 0.05) is 48.7 Å². The van der Waals surface area contributed by atoms with E-state index in [0.29, 0.717) is 29.8 Å². The molecule has 0 spiro atoms. The van der Waals surface area contributed by atoms with Crippen LogP contribution in [-0.4, -0.2) is 87.3 Å². The first-order chi connectivity index (χ1) is 27.4. The highest BCUT2D eigenvalue weighted by Crippen LogP contribution is 2.32. The summed E-state index contributed by atoms with van der Waals surface area (Å²) in [7, 11) is 0. The van der Waals surface area contributed by atoms with E-state index >= 15 is 0 Å². The summed E-state index contributed by atoms with van der Waals surface area (Å²) >= 11 is 6.03. The Kier molecular flexibility index (Phi) is 16.3. The molecule has 0 bridgehead atoms. The number of Topliss-reactive ketones (excluding diaryl/α,β-unsaturated/α-hetero) is 3. The van der Waals surface area contributed by atoms with Crippen LogP contribution in [0.2, 0.25) is 5.02 Å². The van der Waals surface area contributed by atoms with Gasteiger partial charge in [-0.05, 0) is 87.9 Å². The molecule has 2 aliphatic rings. The summed E-state index contributed by atoms with van der Waals surface area (Å²) in [5, 5.41) is 15.0. The number of likely N-dealkylation sites (tertiary alicyclic amines) is 1. The summed E-state index contributed by atoms with van der Waals surface area (Å²) in [4.78, 5) is 107. The van der Waals surface area contributed by atoms with Crippen LogP contribution >= 0.6 is 11.6 Å². The Bertz CT molecular complexity index is 1850. The minimum absolute atomic E-state index is 0.00935. The Morgan fingerprint density at radius 2 is 1.59 bits per heavy atom. The van der Waals surface area contributed by atoms with Gasteiger partial charge in [0.05, 0.1) is 23.3 Å². The van der Waals surface area contributed by atoms with Crippen molar-refractivity contribution >= 4 is 58.5 Å². The number of primary amides is 1. The summed E-state index contributed by atoms with van der Waals surface area (Å²) in [5.74, 6) is -6.95. The molecule has 14 nitrogen and oxygen atoms in total. The van der Waals surface area contributed by atoms with Crippen LogP contribution in [-0.2, 0) is 33.5 Å². The monoisotopic (exact) mass is 822 g/mol. The number of ether oxygens (including phenoxy) is 1. The molecule has 58 heavy (non-hydrogen) atoms. The van der Waals surface area contributed by atoms with Gasteiger partial charge in [0.15, 0.2) is 11.6 Å². The maximum Gasteiger partial charge on any atom is 0.335 e. The highest BCUT2D eigenvalue weighted by atomic mass is 35.5. The number of aromatic carboxylic acids is 1. The largest absolute Gasteiger partial charge is 0.478 e. The van der Waals surface area contributed by atoms with Gasteiger partial charge in [0.25, 0.3) is 5.91 Å². The van der Waals surface area contributed by atoms with Gasteiger partial charge in [0.2, 0.25) is 23.5 Å². The summed E-state index contributed by atoms with van der Waals surface area (Å²) in [6.45, 7) is 7.47. The predicted octanol–water partition coefficient (Wildman–Crippen LogP) is 5.14. The minimum Gasteiger partial charge on any atom is -0.478 e. The molecular weight excluding hydrogens is 768 g/mol. The molecule has 2 aromatic carbocycles. The lowest BCUT2D eigenvalue weighted by atomic mass is 9.82. The maximum absolute atomic E-state index is 14.6. The quantitative estimate of drug-likeness (QED) is 0.137. The van der Waals surface area contributed by atoms with Crippen LogP contribution in [0.5, 0.6) is 0 Å². The third-order valence-corrected chi connectivity index (χ3v) is 10.8. The van der Waals surface area contributed by atoms with E-state index in [2.05, 4.69) is 10.6 Å². The number of carboxylic acids is 1. The molecule has 1 saturated heterocycles. The lowest BCUT2D eigenvalue weighted by Crippen LogP contribution is -2.55. The lowest BCUT2D eigenvalue weighted by molar-refractivity contribution is -0.143. The second-order valence-corrected chi connectivity index (χ2v) is 16.7. The van der Waals surface area contributed by atoms with Crippen molar-refractivity contribution in [3.05, 3.63) is 70.2 Å². The van der Waals surface area contributed by atoms with Crippen molar-refractivity contribution in [2.24, 2.45) is 17.6 Å². The summed E-state index contributed by atoms with van der Waals surface area (Å²) in [6, 6.07) is 8.43. The van der Waals surface area contributed by atoms with E-state index in [9.17, 15) is 43.5 Å². The van der Waals surface area contributed by atoms with Crippen LogP contribution in [0.3, 0.4) is 0 Å². The maximum atomic E-state index is 14.6. The average molecular weight is 823 g/mol. The number of rotatable bonds is 19. The van der Waals surface area contributed by atoms with Crippen molar-refractivity contribution in [3.63, 3.8) is 0 Å². The van der Waals surface area contributed by atoms with E-state index in [1.165, 1.54) is 35.2 Å². The van der Waals surface area contributed by atoms with Crippen molar-refractivity contribution in [1.82, 2.24) is 15.5 Å². The zero-order valence-electron chi connectivity index (χ0n) is 33.6. The van der Waals surface area contributed by atoms with Crippen molar-refractivity contribution in [3.8, 4) is 0 Å². The number of hydrogen-bond donors (Lipinski definition) is 4. The van der Waals surface area contributed by atoms with Crippen molar-refractivity contribution in [2.45, 2.75) is 128 Å². The molecule has 2 fully saturated rings. The fourth-order valence-electron chi connectivity index (χ4n) is 7.82. The van der Waals surface area contributed by atoms with E-state index in [-0.39, 0.29) is 42.9 Å². The number of carbonyl (C=O) groups excluding carboxylic acids is 7.